The van der Waals surface area contributed by atoms with E-state index < -0.39 is 0 Å². The molecule has 5 aromatic rings. The third-order valence-corrected chi connectivity index (χ3v) is 4.78. The van der Waals surface area contributed by atoms with Gasteiger partial charge in [0.05, 0.1) is 18.3 Å². The first-order valence-electron chi connectivity index (χ1n) is 9.25. The summed E-state index contributed by atoms with van der Waals surface area (Å²) in [6.45, 7) is 2.51. The minimum Gasteiger partial charge on any atom is -0.313 e. The fourth-order valence-corrected chi connectivity index (χ4v) is 3.24. The molecule has 8 heteroatoms. The van der Waals surface area contributed by atoms with Gasteiger partial charge in [0.1, 0.15) is 5.82 Å². The number of aromatic nitrogens is 7. The zero-order chi connectivity index (χ0) is 19.8. The lowest BCUT2D eigenvalue weighted by molar-refractivity contribution is 0.664. The molecule has 0 saturated carbocycles. The Morgan fingerprint density at radius 3 is 2.79 bits per heavy atom. The smallest absolute Gasteiger partial charge is 0.221 e. The van der Waals surface area contributed by atoms with E-state index in [9.17, 15) is 0 Å². The molecule has 0 amide bonds. The Bertz CT molecular complexity index is 1330. The Balaban J connectivity index is 1.50. The summed E-state index contributed by atoms with van der Waals surface area (Å²) in [6.07, 6.45) is 3.48. The minimum absolute atomic E-state index is 0.516. The van der Waals surface area contributed by atoms with Gasteiger partial charge in [0, 0.05) is 24.3 Å². The van der Waals surface area contributed by atoms with Crippen molar-refractivity contribution in [2.24, 2.45) is 0 Å². The number of hydrogen-bond donors (Lipinski definition) is 0. The van der Waals surface area contributed by atoms with Crippen LogP contribution in [0.3, 0.4) is 0 Å². The van der Waals surface area contributed by atoms with Crippen LogP contribution >= 0.6 is 0 Å². The maximum Gasteiger partial charge on any atom is 0.221 e. The fourth-order valence-electron chi connectivity index (χ4n) is 3.24. The van der Waals surface area contributed by atoms with Crippen molar-refractivity contribution >= 4 is 33.8 Å². The molecular formula is C21H18N8. The van der Waals surface area contributed by atoms with Crippen LogP contribution in [0.25, 0.3) is 22.2 Å². The molecule has 0 N–H and O–H groups in total. The topological polar surface area (TPSA) is 85.5 Å². The van der Waals surface area contributed by atoms with Crippen LogP contribution in [0.2, 0.25) is 0 Å². The zero-order valence-electron chi connectivity index (χ0n) is 16.1. The molecule has 0 fully saturated rings. The molecule has 142 valence electrons. The van der Waals surface area contributed by atoms with Crippen LogP contribution in [0.1, 0.15) is 11.3 Å². The van der Waals surface area contributed by atoms with Gasteiger partial charge in [0.25, 0.3) is 0 Å². The van der Waals surface area contributed by atoms with E-state index in [1.54, 1.807) is 17.1 Å². The molecule has 4 aromatic heterocycles. The van der Waals surface area contributed by atoms with E-state index >= 15 is 0 Å². The lowest BCUT2D eigenvalue weighted by Gasteiger charge is -2.17. The summed E-state index contributed by atoms with van der Waals surface area (Å²) in [5, 5.41) is 9.50. The quantitative estimate of drug-likeness (QED) is 0.471. The molecule has 8 nitrogen and oxygen atoms in total. The number of nitrogens with zero attached hydrogens (tertiary/aromatic N) is 8. The van der Waals surface area contributed by atoms with Crippen LogP contribution in [0, 0.1) is 6.92 Å². The fraction of sp³-hybridized carbons (Fsp3) is 0.143. The van der Waals surface area contributed by atoms with Crippen molar-refractivity contribution in [3.05, 3.63) is 72.2 Å². The maximum atomic E-state index is 4.75. The van der Waals surface area contributed by atoms with Crippen molar-refractivity contribution in [2.75, 3.05) is 11.9 Å². The second kappa shape index (κ2) is 6.90. The van der Waals surface area contributed by atoms with Gasteiger partial charge in [-0.3, -0.25) is 4.98 Å². The van der Waals surface area contributed by atoms with Crippen molar-refractivity contribution in [1.29, 1.82) is 0 Å². The van der Waals surface area contributed by atoms with Crippen molar-refractivity contribution < 1.29 is 0 Å². The average Bonchev–Trinajstić information content (AvgIpc) is 3.15. The van der Waals surface area contributed by atoms with Gasteiger partial charge in [-0.1, -0.05) is 23.4 Å². The highest BCUT2D eigenvalue weighted by atomic mass is 15.5. The standard InChI is InChI=1S/C21H18N8/c1-14-5-3-7-18(24-14)28(2)19-12-23-20-21(25-19)29(27-26-20)13-15-8-9-17-16(11-15)6-4-10-22-17/h3-12H,13H2,1-2H3. The van der Waals surface area contributed by atoms with Gasteiger partial charge in [-0.25, -0.2) is 19.6 Å². The van der Waals surface area contributed by atoms with Crippen LogP contribution in [-0.4, -0.2) is 42.0 Å². The molecule has 5 rings (SSSR count). The number of hydrogen-bond acceptors (Lipinski definition) is 7. The van der Waals surface area contributed by atoms with Gasteiger partial charge >= 0.3 is 0 Å². The Kier molecular flexibility index (Phi) is 4.09. The molecule has 0 aliphatic heterocycles. The molecule has 0 spiro atoms. The van der Waals surface area contributed by atoms with Crippen molar-refractivity contribution in [1.82, 2.24) is 34.9 Å². The monoisotopic (exact) mass is 382 g/mol. The van der Waals surface area contributed by atoms with Crippen molar-refractivity contribution in [3.63, 3.8) is 0 Å². The predicted octanol–water partition coefficient (Wildman–Crippen LogP) is 3.29. The first-order valence-corrected chi connectivity index (χ1v) is 9.25. The first kappa shape index (κ1) is 17.2. The minimum atomic E-state index is 0.516. The van der Waals surface area contributed by atoms with Crippen LogP contribution in [-0.2, 0) is 6.54 Å². The Morgan fingerprint density at radius 1 is 0.966 bits per heavy atom. The summed E-state index contributed by atoms with van der Waals surface area (Å²) in [6, 6.07) is 16.0. The highest BCUT2D eigenvalue weighted by Gasteiger charge is 2.13. The number of benzene rings is 1. The van der Waals surface area contributed by atoms with Gasteiger partial charge in [0.2, 0.25) is 5.65 Å². The van der Waals surface area contributed by atoms with Gasteiger partial charge in [-0.15, -0.1) is 5.10 Å². The molecule has 4 heterocycles. The average molecular weight is 382 g/mol. The number of aryl methyl sites for hydroxylation is 1. The van der Waals surface area contributed by atoms with E-state index in [0.29, 0.717) is 23.7 Å². The highest BCUT2D eigenvalue weighted by molar-refractivity contribution is 5.79. The molecule has 29 heavy (non-hydrogen) atoms. The molecule has 0 unspecified atom stereocenters. The Hall–Kier alpha value is -3.94. The van der Waals surface area contributed by atoms with Crippen LogP contribution in [0.4, 0.5) is 11.6 Å². The third-order valence-electron chi connectivity index (χ3n) is 4.78. The number of pyridine rings is 2. The maximum absolute atomic E-state index is 4.75. The second-order valence-electron chi connectivity index (χ2n) is 6.85. The highest BCUT2D eigenvalue weighted by Crippen LogP contribution is 2.21. The van der Waals surface area contributed by atoms with Gasteiger partial charge < -0.3 is 4.90 Å². The van der Waals surface area contributed by atoms with Gasteiger partial charge in [-0.05, 0) is 42.8 Å². The molecule has 0 bridgehead atoms. The summed E-state index contributed by atoms with van der Waals surface area (Å²) in [7, 11) is 1.92. The number of fused-ring (bicyclic) bond motifs is 2. The van der Waals surface area contributed by atoms with E-state index in [1.807, 2.05) is 61.3 Å². The number of rotatable bonds is 4. The molecular weight excluding hydrogens is 364 g/mol. The largest absolute Gasteiger partial charge is 0.313 e. The summed E-state index contributed by atoms with van der Waals surface area (Å²) >= 11 is 0. The van der Waals surface area contributed by atoms with E-state index in [4.69, 9.17) is 4.98 Å². The third kappa shape index (κ3) is 3.25. The van der Waals surface area contributed by atoms with Crippen LogP contribution < -0.4 is 4.90 Å². The molecule has 1 aromatic carbocycles. The molecule has 0 saturated heterocycles. The molecule has 0 aliphatic rings. The van der Waals surface area contributed by atoms with Gasteiger partial charge in [-0.2, -0.15) is 0 Å². The Labute approximate surface area is 166 Å². The van der Waals surface area contributed by atoms with Gasteiger partial charge in [0.15, 0.2) is 11.5 Å². The van der Waals surface area contributed by atoms with Crippen LogP contribution in [0.15, 0.2) is 60.9 Å². The SMILES string of the molecule is Cc1cccc(N(C)c2cnc3nnn(Cc4ccc5ncccc5c4)c3n2)n1. The number of anilines is 2. The normalized spacial score (nSPS) is 11.2. The summed E-state index contributed by atoms with van der Waals surface area (Å²) in [4.78, 5) is 20.0. The van der Waals surface area contributed by atoms with E-state index in [0.717, 1.165) is 28.0 Å². The van der Waals surface area contributed by atoms with Crippen LogP contribution in [0.5, 0.6) is 0 Å². The Morgan fingerprint density at radius 2 is 1.90 bits per heavy atom. The molecule has 0 radical (unpaired) electrons. The summed E-state index contributed by atoms with van der Waals surface area (Å²) in [5.41, 5.74) is 4.16. The van der Waals surface area contributed by atoms with Crippen molar-refractivity contribution in [3.8, 4) is 0 Å². The summed E-state index contributed by atoms with van der Waals surface area (Å²) in [5.74, 6) is 1.49. The predicted molar refractivity (Wildman–Crippen MR) is 111 cm³/mol. The zero-order valence-corrected chi connectivity index (χ0v) is 16.1. The molecule has 0 aliphatic carbocycles. The molecule has 0 atom stereocenters. The first-order chi connectivity index (χ1) is 14.2. The lowest BCUT2D eigenvalue weighted by Crippen LogP contribution is -2.14. The van der Waals surface area contributed by atoms with E-state index in [2.05, 4.69) is 31.3 Å². The van der Waals surface area contributed by atoms with Crippen molar-refractivity contribution in [2.45, 2.75) is 13.5 Å². The second-order valence-corrected chi connectivity index (χ2v) is 6.85. The summed E-state index contributed by atoms with van der Waals surface area (Å²) < 4.78 is 1.76. The van der Waals surface area contributed by atoms with E-state index in [-0.39, 0.29) is 0 Å². The van der Waals surface area contributed by atoms with E-state index in [1.165, 1.54) is 0 Å². The lowest BCUT2D eigenvalue weighted by atomic mass is 10.1.